The summed E-state index contributed by atoms with van der Waals surface area (Å²) in [5, 5.41) is 3.51. The number of hydrogen-bond donors (Lipinski definition) is 1. The molecule has 0 bridgehead atoms. The molecule has 0 fully saturated rings. The minimum atomic E-state index is -0.651. The van der Waals surface area contributed by atoms with Crippen molar-refractivity contribution >= 4 is 28.4 Å². The highest BCUT2D eigenvalue weighted by atomic mass is 35.5. The molecule has 1 N–H and O–H groups in total. The normalized spacial score (nSPS) is 11.2. The Hall–Kier alpha value is -1.59. The van der Waals surface area contributed by atoms with Crippen LogP contribution in [0.25, 0.3) is 0 Å². The highest BCUT2D eigenvalue weighted by Gasteiger charge is 2.08. The summed E-state index contributed by atoms with van der Waals surface area (Å²) in [4.78, 5) is 11.2. The van der Waals surface area contributed by atoms with Crippen molar-refractivity contribution in [2.24, 2.45) is 5.10 Å². The first kappa shape index (κ1) is 15.5. The minimum absolute atomic E-state index is 0.239. The maximum atomic E-state index is 11.2. The van der Waals surface area contributed by atoms with Crippen LogP contribution in [0.5, 0.6) is 0 Å². The zero-order valence-corrected chi connectivity index (χ0v) is 11.7. The fraction of sp³-hybridized carbons (Fsp3) is 0.385. The van der Waals surface area contributed by atoms with E-state index < -0.39 is 5.97 Å². The molecule has 0 unspecified atom stereocenters. The van der Waals surface area contributed by atoms with E-state index in [1.807, 2.05) is 31.2 Å². The number of carbonyl (C=O) groups excluding carboxylic acids is 1. The van der Waals surface area contributed by atoms with Crippen molar-refractivity contribution in [3.05, 3.63) is 29.8 Å². The number of rotatable bonds is 7. The smallest absolute Gasteiger partial charge is 0.370 e. The van der Waals surface area contributed by atoms with Gasteiger partial charge in [0, 0.05) is 6.61 Å². The van der Waals surface area contributed by atoms with Gasteiger partial charge in [-0.2, -0.15) is 5.10 Å². The van der Waals surface area contributed by atoms with Crippen molar-refractivity contribution in [1.29, 1.82) is 0 Å². The van der Waals surface area contributed by atoms with Crippen LogP contribution in [-0.4, -0.2) is 24.4 Å². The van der Waals surface area contributed by atoms with Crippen LogP contribution in [0.15, 0.2) is 29.4 Å². The summed E-state index contributed by atoms with van der Waals surface area (Å²) in [5.41, 5.74) is 4.43. The molecule has 0 saturated carbocycles. The third-order valence-electron chi connectivity index (χ3n) is 2.13. The van der Waals surface area contributed by atoms with Gasteiger partial charge in [0.1, 0.15) is 0 Å². The van der Waals surface area contributed by atoms with Crippen molar-refractivity contribution in [3.8, 4) is 0 Å². The maximum Gasteiger partial charge on any atom is 0.370 e. The summed E-state index contributed by atoms with van der Waals surface area (Å²) < 4.78 is 10.0. The first-order valence-corrected chi connectivity index (χ1v) is 6.38. The number of hydrazone groups is 1. The molecular formula is C13H17ClN2O3. The van der Waals surface area contributed by atoms with Crippen LogP contribution in [0, 0.1) is 0 Å². The van der Waals surface area contributed by atoms with Gasteiger partial charge in [-0.25, -0.2) is 4.79 Å². The van der Waals surface area contributed by atoms with E-state index in [1.165, 1.54) is 0 Å². The van der Waals surface area contributed by atoms with E-state index in [0.29, 0.717) is 13.2 Å². The van der Waals surface area contributed by atoms with E-state index in [9.17, 15) is 4.79 Å². The summed E-state index contributed by atoms with van der Waals surface area (Å²) in [6.07, 6.45) is 0. The number of halogens is 1. The SMILES string of the molecule is CCOCc1cccc(N/N=C(/Cl)C(=O)OCC)c1. The molecule has 5 nitrogen and oxygen atoms in total. The Kier molecular flexibility index (Phi) is 6.92. The Labute approximate surface area is 117 Å². The van der Waals surface area contributed by atoms with E-state index in [1.54, 1.807) is 6.92 Å². The molecule has 0 aliphatic rings. The van der Waals surface area contributed by atoms with Gasteiger partial charge in [-0.15, -0.1) is 0 Å². The van der Waals surface area contributed by atoms with Gasteiger partial charge in [0.2, 0.25) is 5.17 Å². The molecule has 104 valence electrons. The van der Waals surface area contributed by atoms with Crippen LogP contribution in [0.3, 0.4) is 0 Å². The molecule has 0 aliphatic heterocycles. The molecular weight excluding hydrogens is 268 g/mol. The summed E-state index contributed by atoms with van der Waals surface area (Å²) in [6, 6.07) is 7.49. The van der Waals surface area contributed by atoms with E-state index in [2.05, 4.69) is 10.5 Å². The fourth-order valence-electron chi connectivity index (χ4n) is 1.30. The molecule has 1 aromatic rings. The quantitative estimate of drug-likeness (QED) is 0.475. The maximum absolute atomic E-state index is 11.2. The fourth-order valence-corrected chi connectivity index (χ4v) is 1.40. The second kappa shape index (κ2) is 8.50. The lowest BCUT2D eigenvalue weighted by atomic mass is 10.2. The molecule has 6 heteroatoms. The van der Waals surface area contributed by atoms with Crippen LogP contribution in [-0.2, 0) is 20.9 Å². The van der Waals surface area contributed by atoms with Crippen molar-refractivity contribution in [2.75, 3.05) is 18.6 Å². The number of hydrogen-bond acceptors (Lipinski definition) is 5. The Bertz CT molecular complexity index is 449. The molecule has 0 heterocycles. The zero-order chi connectivity index (χ0) is 14.1. The summed E-state index contributed by atoms with van der Waals surface area (Å²) in [5.74, 6) is -0.651. The topological polar surface area (TPSA) is 59.9 Å². The lowest BCUT2D eigenvalue weighted by molar-refractivity contribution is -0.134. The molecule has 0 aromatic heterocycles. The largest absolute Gasteiger partial charge is 0.461 e. The van der Waals surface area contributed by atoms with Crippen molar-refractivity contribution in [3.63, 3.8) is 0 Å². The second-order valence-electron chi connectivity index (χ2n) is 3.57. The number of carbonyl (C=O) groups is 1. The third-order valence-corrected chi connectivity index (χ3v) is 2.37. The Morgan fingerprint density at radius 1 is 1.37 bits per heavy atom. The highest BCUT2D eigenvalue weighted by molar-refractivity contribution is 6.82. The summed E-state index contributed by atoms with van der Waals surface area (Å²) >= 11 is 5.67. The summed E-state index contributed by atoms with van der Waals surface area (Å²) in [7, 11) is 0. The molecule has 0 amide bonds. The molecule has 0 atom stereocenters. The summed E-state index contributed by atoms with van der Waals surface area (Å²) in [6.45, 7) is 5.08. The Morgan fingerprint density at radius 3 is 2.84 bits per heavy atom. The number of esters is 1. The number of anilines is 1. The van der Waals surface area contributed by atoms with Gasteiger partial charge in [-0.3, -0.25) is 5.43 Å². The van der Waals surface area contributed by atoms with Gasteiger partial charge in [-0.1, -0.05) is 23.7 Å². The highest BCUT2D eigenvalue weighted by Crippen LogP contribution is 2.11. The van der Waals surface area contributed by atoms with E-state index in [0.717, 1.165) is 11.3 Å². The number of benzene rings is 1. The molecule has 0 saturated heterocycles. The van der Waals surface area contributed by atoms with E-state index in [4.69, 9.17) is 21.1 Å². The minimum Gasteiger partial charge on any atom is -0.461 e. The molecule has 0 radical (unpaired) electrons. The number of nitrogens with one attached hydrogen (secondary N) is 1. The molecule has 1 aromatic carbocycles. The van der Waals surface area contributed by atoms with Crippen LogP contribution >= 0.6 is 11.6 Å². The van der Waals surface area contributed by atoms with Crippen LogP contribution in [0.1, 0.15) is 19.4 Å². The molecule has 1 rings (SSSR count). The van der Waals surface area contributed by atoms with Crippen LogP contribution < -0.4 is 5.43 Å². The van der Waals surface area contributed by atoms with Gasteiger partial charge in [0.05, 0.1) is 18.9 Å². The van der Waals surface area contributed by atoms with Gasteiger partial charge >= 0.3 is 5.97 Å². The van der Waals surface area contributed by atoms with Gasteiger partial charge in [0.25, 0.3) is 0 Å². The lowest BCUT2D eigenvalue weighted by Gasteiger charge is -2.05. The molecule has 0 aliphatic carbocycles. The average Bonchev–Trinajstić information content (AvgIpc) is 2.43. The first-order valence-electron chi connectivity index (χ1n) is 6.00. The second-order valence-corrected chi connectivity index (χ2v) is 3.93. The monoisotopic (exact) mass is 284 g/mol. The van der Waals surface area contributed by atoms with Crippen LogP contribution in [0.2, 0.25) is 0 Å². The van der Waals surface area contributed by atoms with E-state index in [-0.39, 0.29) is 11.8 Å². The van der Waals surface area contributed by atoms with Crippen molar-refractivity contribution in [1.82, 2.24) is 0 Å². The number of ether oxygens (including phenoxy) is 2. The van der Waals surface area contributed by atoms with Gasteiger partial charge < -0.3 is 9.47 Å². The zero-order valence-electron chi connectivity index (χ0n) is 11.0. The van der Waals surface area contributed by atoms with Crippen LogP contribution in [0.4, 0.5) is 5.69 Å². The third kappa shape index (κ3) is 5.72. The Balaban J connectivity index is 2.61. The van der Waals surface area contributed by atoms with Crippen molar-refractivity contribution in [2.45, 2.75) is 20.5 Å². The van der Waals surface area contributed by atoms with Gasteiger partial charge in [0.15, 0.2) is 0 Å². The van der Waals surface area contributed by atoms with E-state index >= 15 is 0 Å². The molecule has 19 heavy (non-hydrogen) atoms. The average molecular weight is 285 g/mol. The first-order chi connectivity index (χ1) is 9.17. The van der Waals surface area contributed by atoms with Gasteiger partial charge in [-0.05, 0) is 31.5 Å². The predicted molar refractivity (Wildman–Crippen MR) is 75.3 cm³/mol. The Morgan fingerprint density at radius 2 is 2.16 bits per heavy atom. The molecule has 0 spiro atoms. The predicted octanol–water partition coefficient (Wildman–Crippen LogP) is 2.75. The number of nitrogens with zero attached hydrogens (tertiary/aromatic N) is 1. The standard InChI is InChI=1S/C13H17ClN2O3/c1-3-18-9-10-6-5-7-11(8-10)15-16-12(14)13(17)19-4-2/h5-8,15H,3-4,9H2,1-2H3/b16-12+. The lowest BCUT2D eigenvalue weighted by Crippen LogP contribution is -2.13. The van der Waals surface area contributed by atoms with Crippen molar-refractivity contribution < 1.29 is 14.3 Å².